The monoisotopic (exact) mass is 418 g/mol. The van der Waals surface area contributed by atoms with Gasteiger partial charge in [0, 0.05) is 25.2 Å². The van der Waals surface area contributed by atoms with Crippen LogP contribution in [0.4, 0.5) is 27.1 Å². The van der Waals surface area contributed by atoms with Crippen molar-refractivity contribution in [2.75, 3.05) is 30.4 Å². The molecule has 1 aliphatic rings. The average Bonchev–Trinajstić information content (AvgIpc) is 2.74. The van der Waals surface area contributed by atoms with E-state index < -0.39 is 27.2 Å². The Labute approximate surface area is 170 Å². The Morgan fingerprint density at radius 1 is 1.17 bits per heavy atom. The number of piperidine rings is 1. The normalized spacial score (nSPS) is 14.3. The molecule has 0 saturated carbocycles. The number of benzene rings is 2. The van der Waals surface area contributed by atoms with Crippen LogP contribution in [0, 0.1) is 26.0 Å². The highest BCUT2D eigenvalue weighted by Crippen LogP contribution is 2.38. The predicted octanol–water partition coefficient (Wildman–Crippen LogP) is 3.51. The van der Waals surface area contributed by atoms with E-state index in [4.69, 9.17) is 0 Å². The lowest BCUT2D eigenvalue weighted by Crippen LogP contribution is -2.40. The second-order valence-electron chi connectivity index (χ2n) is 6.75. The van der Waals surface area contributed by atoms with Crippen LogP contribution in [0.15, 0.2) is 36.4 Å². The summed E-state index contributed by atoms with van der Waals surface area (Å²) in [6.07, 6.45) is 1.03. The molecule has 158 valence electrons. The van der Waals surface area contributed by atoms with Gasteiger partial charge in [0.05, 0.1) is 34.3 Å². The molecule has 3 rings (SSSR count). The predicted molar refractivity (Wildman–Crippen MR) is 106 cm³/mol. The van der Waals surface area contributed by atoms with Crippen molar-refractivity contribution in [3.63, 3.8) is 0 Å². The van der Waals surface area contributed by atoms with Crippen LogP contribution in [0.1, 0.15) is 23.2 Å². The number of ether oxygens (including phenoxy) is 1. The topological polar surface area (TPSA) is 128 Å². The SMILES string of the molecule is COC(=O)c1cc([N+](=O)[O-])cc([N+](=O)[O-])c1N1CCC(Nc2ccccc2F)CC1. The second kappa shape index (κ2) is 8.72. The van der Waals surface area contributed by atoms with E-state index in [1.54, 1.807) is 23.1 Å². The van der Waals surface area contributed by atoms with E-state index >= 15 is 0 Å². The van der Waals surface area contributed by atoms with Crippen LogP contribution in [0.5, 0.6) is 0 Å². The van der Waals surface area contributed by atoms with Crippen molar-refractivity contribution >= 4 is 28.7 Å². The van der Waals surface area contributed by atoms with E-state index in [1.807, 2.05) is 0 Å². The van der Waals surface area contributed by atoms with Crippen LogP contribution < -0.4 is 10.2 Å². The maximum Gasteiger partial charge on any atom is 0.340 e. The molecule has 1 aliphatic heterocycles. The van der Waals surface area contributed by atoms with E-state index in [0.29, 0.717) is 31.6 Å². The van der Waals surface area contributed by atoms with E-state index in [0.717, 1.165) is 19.2 Å². The molecule has 2 aromatic rings. The molecule has 0 amide bonds. The number of para-hydroxylation sites is 1. The number of halogens is 1. The van der Waals surface area contributed by atoms with Gasteiger partial charge in [0.15, 0.2) is 0 Å². The molecule has 10 nitrogen and oxygen atoms in total. The number of nitrogens with one attached hydrogen (secondary N) is 1. The van der Waals surface area contributed by atoms with Gasteiger partial charge in [-0.1, -0.05) is 12.1 Å². The van der Waals surface area contributed by atoms with Crippen molar-refractivity contribution in [3.8, 4) is 0 Å². The summed E-state index contributed by atoms with van der Waals surface area (Å²) in [6.45, 7) is 0.656. The molecule has 1 fully saturated rings. The molecule has 0 radical (unpaired) electrons. The summed E-state index contributed by atoms with van der Waals surface area (Å²) >= 11 is 0. The Balaban J connectivity index is 1.88. The fourth-order valence-electron chi connectivity index (χ4n) is 3.49. The van der Waals surface area contributed by atoms with Crippen molar-refractivity contribution in [2.45, 2.75) is 18.9 Å². The van der Waals surface area contributed by atoms with Gasteiger partial charge in [0.1, 0.15) is 11.5 Å². The summed E-state index contributed by atoms with van der Waals surface area (Å²) in [5.74, 6) is -1.28. The Morgan fingerprint density at radius 3 is 2.40 bits per heavy atom. The van der Waals surface area contributed by atoms with Crippen molar-refractivity contribution in [2.24, 2.45) is 0 Å². The van der Waals surface area contributed by atoms with Gasteiger partial charge in [0.2, 0.25) is 0 Å². The molecule has 1 heterocycles. The molecular weight excluding hydrogens is 399 g/mol. The van der Waals surface area contributed by atoms with Crippen molar-refractivity contribution in [3.05, 3.63) is 68.0 Å². The number of non-ortho nitro benzene ring substituents is 1. The number of nitrogens with zero attached hydrogens (tertiary/aromatic N) is 3. The molecule has 2 aromatic carbocycles. The third-order valence-electron chi connectivity index (χ3n) is 4.93. The lowest BCUT2D eigenvalue weighted by atomic mass is 10.0. The number of esters is 1. The standard InChI is InChI=1S/C19H19FN4O6/c1-30-19(25)14-10-13(23(26)27)11-17(24(28)29)18(14)22-8-6-12(7-9-22)21-16-5-3-2-4-15(16)20/h2-5,10-12,21H,6-9H2,1H3. The van der Waals surface area contributed by atoms with E-state index in [1.165, 1.54) is 6.07 Å². The largest absolute Gasteiger partial charge is 0.465 e. The van der Waals surface area contributed by atoms with Gasteiger partial charge in [-0.15, -0.1) is 0 Å². The summed E-state index contributed by atoms with van der Waals surface area (Å²) in [5, 5.41) is 25.9. The molecule has 0 bridgehead atoms. The molecule has 11 heteroatoms. The van der Waals surface area contributed by atoms with Gasteiger partial charge in [-0.3, -0.25) is 20.2 Å². The number of nitro groups is 2. The maximum atomic E-state index is 13.9. The van der Waals surface area contributed by atoms with Crippen molar-refractivity contribution in [1.29, 1.82) is 0 Å². The second-order valence-corrected chi connectivity index (χ2v) is 6.75. The number of nitro benzene ring substituents is 2. The molecule has 0 aliphatic carbocycles. The third kappa shape index (κ3) is 4.29. The molecule has 0 aromatic heterocycles. The summed E-state index contributed by atoms with van der Waals surface area (Å²) in [4.78, 5) is 35.0. The van der Waals surface area contributed by atoms with Gasteiger partial charge in [-0.2, -0.15) is 0 Å². The maximum absolute atomic E-state index is 13.9. The lowest BCUT2D eigenvalue weighted by Gasteiger charge is -2.34. The lowest BCUT2D eigenvalue weighted by molar-refractivity contribution is -0.393. The first kappa shape index (κ1) is 21.0. The molecule has 1 saturated heterocycles. The van der Waals surface area contributed by atoms with Gasteiger partial charge in [0.25, 0.3) is 11.4 Å². The zero-order chi connectivity index (χ0) is 21.8. The highest BCUT2D eigenvalue weighted by Gasteiger charge is 2.33. The van der Waals surface area contributed by atoms with Gasteiger partial charge in [-0.25, -0.2) is 9.18 Å². The van der Waals surface area contributed by atoms with E-state index in [9.17, 15) is 29.4 Å². The Kier molecular flexibility index (Phi) is 6.09. The molecule has 0 spiro atoms. The summed E-state index contributed by atoms with van der Waals surface area (Å²) in [7, 11) is 1.10. The van der Waals surface area contributed by atoms with Gasteiger partial charge < -0.3 is 15.0 Å². The zero-order valence-corrected chi connectivity index (χ0v) is 16.0. The number of carbonyl (C=O) groups excluding carboxylic acids is 1. The molecule has 1 N–H and O–H groups in total. The average molecular weight is 418 g/mol. The van der Waals surface area contributed by atoms with Crippen LogP contribution in [-0.2, 0) is 4.74 Å². The Bertz CT molecular complexity index is 991. The van der Waals surface area contributed by atoms with Gasteiger partial charge in [-0.05, 0) is 25.0 Å². The smallest absolute Gasteiger partial charge is 0.340 e. The van der Waals surface area contributed by atoms with E-state index in [-0.39, 0.29) is 23.1 Å². The molecule has 30 heavy (non-hydrogen) atoms. The number of carbonyl (C=O) groups is 1. The van der Waals surface area contributed by atoms with E-state index in [2.05, 4.69) is 10.1 Å². The van der Waals surface area contributed by atoms with Crippen LogP contribution >= 0.6 is 0 Å². The third-order valence-corrected chi connectivity index (χ3v) is 4.93. The molecule has 0 unspecified atom stereocenters. The molecule has 0 atom stereocenters. The van der Waals surface area contributed by atoms with Crippen LogP contribution in [-0.4, -0.2) is 42.1 Å². The fraction of sp³-hybridized carbons (Fsp3) is 0.316. The number of rotatable bonds is 6. The van der Waals surface area contributed by atoms with Crippen molar-refractivity contribution < 1.29 is 23.8 Å². The summed E-state index contributed by atoms with van der Waals surface area (Å²) in [6, 6.07) is 8.02. The fourth-order valence-corrected chi connectivity index (χ4v) is 3.49. The van der Waals surface area contributed by atoms with Gasteiger partial charge >= 0.3 is 5.97 Å². The first-order chi connectivity index (χ1) is 14.3. The Morgan fingerprint density at radius 2 is 1.83 bits per heavy atom. The number of anilines is 2. The Hall–Kier alpha value is -3.76. The highest BCUT2D eigenvalue weighted by molar-refractivity contribution is 5.99. The number of methoxy groups -OCH3 is 1. The minimum absolute atomic E-state index is 0.0122. The van der Waals surface area contributed by atoms with Crippen LogP contribution in [0.2, 0.25) is 0 Å². The quantitative estimate of drug-likeness (QED) is 0.429. The number of hydrogen-bond acceptors (Lipinski definition) is 8. The highest BCUT2D eigenvalue weighted by atomic mass is 19.1. The number of hydrogen-bond donors (Lipinski definition) is 1. The summed E-state index contributed by atoms with van der Waals surface area (Å²) in [5.41, 5.74) is -0.986. The first-order valence-electron chi connectivity index (χ1n) is 9.13. The minimum Gasteiger partial charge on any atom is -0.465 e. The zero-order valence-electron chi connectivity index (χ0n) is 16.0. The molecular formula is C19H19FN4O6. The van der Waals surface area contributed by atoms with Crippen LogP contribution in [0.25, 0.3) is 0 Å². The first-order valence-corrected chi connectivity index (χ1v) is 9.13. The minimum atomic E-state index is -0.900. The van der Waals surface area contributed by atoms with Crippen LogP contribution in [0.3, 0.4) is 0 Å². The van der Waals surface area contributed by atoms with Crippen molar-refractivity contribution in [1.82, 2.24) is 0 Å². The summed E-state index contributed by atoms with van der Waals surface area (Å²) < 4.78 is 18.5.